The van der Waals surface area contributed by atoms with Crippen molar-refractivity contribution in [3.05, 3.63) is 40.7 Å². The minimum absolute atomic E-state index is 0.0414. The van der Waals surface area contributed by atoms with Gasteiger partial charge in [-0.3, -0.25) is 19.8 Å². The van der Waals surface area contributed by atoms with Crippen LogP contribution in [0.4, 0.5) is 16.4 Å². The van der Waals surface area contributed by atoms with Crippen molar-refractivity contribution in [1.82, 2.24) is 19.8 Å². The van der Waals surface area contributed by atoms with Gasteiger partial charge >= 0.3 is 6.03 Å². The van der Waals surface area contributed by atoms with Gasteiger partial charge in [0.15, 0.2) is 6.29 Å². The smallest absolute Gasteiger partial charge is 0.328 e. The molecule has 2 aliphatic heterocycles. The highest BCUT2D eigenvalue weighted by atomic mass is 16.5. The monoisotopic (exact) mass is 521 g/mol. The summed E-state index contributed by atoms with van der Waals surface area (Å²) in [6, 6.07) is 5.04. The van der Waals surface area contributed by atoms with Crippen molar-refractivity contribution in [3.8, 4) is 11.8 Å². The van der Waals surface area contributed by atoms with E-state index in [0.717, 1.165) is 5.56 Å². The van der Waals surface area contributed by atoms with Crippen LogP contribution in [0.15, 0.2) is 18.3 Å². The third kappa shape index (κ3) is 5.90. The SMILES string of the molecule is COCCOc1cc(NC(=O)N2CCCc3cc(CN4C[C@H](N(C)C)CC4=O)c(C=O)nc32)ncc1C#N. The first-order valence-electron chi connectivity index (χ1n) is 12.4. The van der Waals surface area contributed by atoms with E-state index in [0.29, 0.717) is 63.2 Å². The number of aldehydes is 1. The summed E-state index contributed by atoms with van der Waals surface area (Å²) in [6.07, 6.45) is 3.84. The minimum Gasteiger partial charge on any atom is -0.490 e. The second-order valence-corrected chi connectivity index (χ2v) is 9.43. The molecule has 12 nitrogen and oxygen atoms in total. The average molecular weight is 522 g/mol. The van der Waals surface area contributed by atoms with Crippen LogP contribution in [0.2, 0.25) is 0 Å². The third-order valence-electron chi connectivity index (χ3n) is 6.68. The predicted octanol–water partition coefficient (Wildman–Crippen LogP) is 1.83. The first kappa shape index (κ1) is 27.0. The van der Waals surface area contributed by atoms with Crippen molar-refractivity contribution < 1.29 is 23.9 Å². The van der Waals surface area contributed by atoms with E-state index in [4.69, 9.17) is 9.47 Å². The molecule has 1 N–H and O–H groups in total. The summed E-state index contributed by atoms with van der Waals surface area (Å²) in [5.74, 6) is 0.945. The quantitative estimate of drug-likeness (QED) is 0.386. The molecule has 0 radical (unpaired) electrons. The van der Waals surface area contributed by atoms with E-state index in [1.807, 2.05) is 31.1 Å². The number of anilines is 2. The van der Waals surface area contributed by atoms with Gasteiger partial charge in [-0.1, -0.05) is 0 Å². The maximum Gasteiger partial charge on any atom is 0.328 e. The number of methoxy groups -OCH3 is 1. The molecule has 12 heteroatoms. The van der Waals surface area contributed by atoms with Crippen LogP contribution in [-0.2, 0) is 22.5 Å². The number of carbonyl (C=O) groups excluding carboxylic acids is 3. The summed E-state index contributed by atoms with van der Waals surface area (Å²) in [6.45, 7) is 1.87. The van der Waals surface area contributed by atoms with E-state index in [1.165, 1.54) is 17.2 Å². The fourth-order valence-electron chi connectivity index (χ4n) is 4.56. The maximum atomic E-state index is 13.2. The Labute approximate surface area is 221 Å². The van der Waals surface area contributed by atoms with Gasteiger partial charge in [-0.25, -0.2) is 14.8 Å². The number of nitrogens with zero attached hydrogens (tertiary/aromatic N) is 6. The number of rotatable bonds is 9. The number of aryl methyl sites for hydroxylation is 1. The van der Waals surface area contributed by atoms with Crippen molar-refractivity contribution in [2.45, 2.75) is 31.8 Å². The van der Waals surface area contributed by atoms with Gasteiger partial charge < -0.3 is 19.3 Å². The number of nitriles is 1. The van der Waals surface area contributed by atoms with E-state index >= 15 is 0 Å². The molecule has 2 aromatic rings. The minimum atomic E-state index is -0.466. The Bertz CT molecular complexity index is 1260. The Morgan fingerprint density at radius 1 is 1.34 bits per heavy atom. The number of likely N-dealkylation sites (tertiary alicyclic amines) is 1. The Hall–Kier alpha value is -4.08. The molecular weight excluding hydrogens is 490 g/mol. The van der Waals surface area contributed by atoms with Crippen molar-refractivity contribution in [2.24, 2.45) is 0 Å². The number of ether oxygens (including phenoxy) is 2. The Morgan fingerprint density at radius 2 is 2.16 bits per heavy atom. The summed E-state index contributed by atoms with van der Waals surface area (Å²) < 4.78 is 10.6. The lowest BCUT2D eigenvalue weighted by Crippen LogP contribution is -2.40. The fraction of sp³-hybridized carbons (Fsp3) is 0.462. The summed E-state index contributed by atoms with van der Waals surface area (Å²) >= 11 is 0. The largest absolute Gasteiger partial charge is 0.490 e. The zero-order chi connectivity index (χ0) is 27.2. The van der Waals surface area contributed by atoms with Gasteiger partial charge in [0.25, 0.3) is 0 Å². The molecule has 1 saturated heterocycles. The van der Waals surface area contributed by atoms with Gasteiger partial charge in [0.2, 0.25) is 5.91 Å². The lowest BCUT2D eigenvalue weighted by atomic mass is 10.0. The van der Waals surface area contributed by atoms with E-state index in [2.05, 4.69) is 15.3 Å². The zero-order valence-corrected chi connectivity index (χ0v) is 21.8. The maximum absolute atomic E-state index is 13.2. The van der Waals surface area contributed by atoms with Crippen LogP contribution in [0.5, 0.6) is 5.75 Å². The Kier molecular flexibility index (Phi) is 8.50. The molecule has 4 rings (SSSR count). The van der Waals surface area contributed by atoms with Crippen molar-refractivity contribution in [1.29, 1.82) is 5.26 Å². The highest BCUT2D eigenvalue weighted by Gasteiger charge is 2.32. The lowest BCUT2D eigenvalue weighted by molar-refractivity contribution is -0.128. The van der Waals surface area contributed by atoms with Crippen molar-refractivity contribution in [2.75, 3.05) is 57.7 Å². The number of urea groups is 1. The van der Waals surface area contributed by atoms with Crippen LogP contribution >= 0.6 is 0 Å². The van der Waals surface area contributed by atoms with Gasteiger partial charge in [-0.15, -0.1) is 0 Å². The Balaban J connectivity index is 1.53. The molecule has 0 aliphatic carbocycles. The van der Waals surface area contributed by atoms with Crippen LogP contribution in [0.25, 0.3) is 0 Å². The molecule has 2 aliphatic rings. The molecule has 1 atom stereocenters. The molecule has 0 saturated carbocycles. The summed E-state index contributed by atoms with van der Waals surface area (Å²) in [5.41, 5.74) is 1.94. The van der Waals surface area contributed by atoms with Gasteiger partial charge in [-0.05, 0) is 38.6 Å². The molecule has 38 heavy (non-hydrogen) atoms. The standard InChI is InChI=1S/C26H31N7O5/c1-31(2)20-10-24(35)32(15-20)14-18-9-17-5-4-6-33(25(17)29-21(18)16-34)26(36)30-23-11-22(38-8-7-37-3)19(12-27)13-28-23/h9,11,13,16,20H,4-8,10,14-15H2,1-3H3,(H,28,30,36)/t20-/m1/s1. The van der Waals surface area contributed by atoms with Gasteiger partial charge in [0.1, 0.15) is 41.3 Å². The molecule has 0 unspecified atom stereocenters. The second-order valence-electron chi connectivity index (χ2n) is 9.43. The first-order chi connectivity index (χ1) is 18.3. The van der Waals surface area contributed by atoms with Gasteiger partial charge in [-0.2, -0.15) is 5.26 Å². The third-order valence-corrected chi connectivity index (χ3v) is 6.68. The molecule has 0 spiro atoms. The predicted molar refractivity (Wildman–Crippen MR) is 138 cm³/mol. The Morgan fingerprint density at radius 3 is 2.84 bits per heavy atom. The van der Waals surface area contributed by atoms with E-state index < -0.39 is 6.03 Å². The van der Waals surface area contributed by atoms with Crippen LogP contribution in [0, 0.1) is 11.3 Å². The van der Waals surface area contributed by atoms with E-state index in [9.17, 15) is 19.6 Å². The molecular formula is C26H31N7O5. The molecule has 1 fully saturated rings. The molecule has 0 bridgehead atoms. The number of pyridine rings is 2. The number of carbonyl (C=O) groups is 3. The lowest BCUT2D eigenvalue weighted by Gasteiger charge is -2.29. The first-order valence-corrected chi connectivity index (χ1v) is 12.4. The molecule has 2 aromatic heterocycles. The molecule has 200 valence electrons. The number of nitrogens with one attached hydrogen (secondary N) is 1. The number of hydrogen-bond donors (Lipinski definition) is 1. The normalized spacial score (nSPS) is 16.8. The molecule has 3 amide bonds. The van der Waals surface area contributed by atoms with E-state index in [1.54, 1.807) is 12.0 Å². The average Bonchev–Trinajstić information content (AvgIpc) is 3.28. The zero-order valence-electron chi connectivity index (χ0n) is 21.8. The van der Waals surface area contributed by atoms with Crippen LogP contribution < -0.4 is 15.0 Å². The highest BCUT2D eigenvalue weighted by molar-refractivity contribution is 6.01. The van der Waals surface area contributed by atoms with Crippen LogP contribution in [0.1, 0.15) is 40.0 Å². The fourth-order valence-corrected chi connectivity index (χ4v) is 4.56. The molecule has 4 heterocycles. The molecule has 0 aromatic carbocycles. The number of likely N-dealkylation sites (N-methyl/N-ethyl adjacent to an activating group) is 1. The van der Waals surface area contributed by atoms with Gasteiger partial charge in [0.05, 0.1) is 12.8 Å². The highest BCUT2D eigenvalue weighted by Crippen LogP contribution is 2.29. The number of amides is 3. The van der Waals surface area contributed by atoms with E-state index in [-0.39, 0.29) is 41.4 Å². The number of aromatic nitrogens is 2. The topological polar surface area (TPSA) is 141 Å². The van der Waals surface area contributed by atoms with Crippen molar-refractivity contribution >= 4 is 29.9 Å². The summed E-state index contributed by atoms with van der Waals surface area (Å²) in [7, 11) is 5.44. The van der Waals surface area contributed by atoms with Crippen LogP contribution in [0.3, 0.4) is 0 Å². The summed E-state index contributed by atoms with van der Waals surface area (Å²) in [4.78, 5) is 51.7. The van der Waals surface area contributed by atoms with Crippen molar-refractivity contribution in [3.63, 3.8) is 0 Å². The summed E-state index contributed by atoms with van der Waals surface area (Å²) in [5, 5.41) is 12.1. The number of fused-ring (bicyclic) bond motifs is 1. The van der Waals surface area contributed by atoms with Crippen LogP contribution in [-0.4, -0.2) is 91.5 Å². The second kappa shape index (κ2) is 12.0. The number of hydrogen-bond acceptors (Lipinski definition) is 9. The van der Waals surface area contributed by atoms with Gasteiger partial charge in [0, 0.05) is 50.8 Å².